The Morgan fingerprint density at radius 3 is 3.00 bits per heavy atom. The number of piperidine rings is 1. The number of hydrogen-bond acceptors (Lipinski definition) is 6. The van der Waals surface area contributed by atoms with Crippen LogP contribution in [0.3, 0.4) is 0 Å². The maximum atomic E-state index is 11.4. The molecule has 1 aliphatic heterocycles. The molecule has 1 amide bonds. The van der Waals surface area contributed by atoms with Crippen LogP contribution in [0.2, 0.25) is 0 Å². The van der Waals surface area contributed by atoms with Crippen molar-refractivity contribution in [3.63, 3.8) is 0 Å². The highest BCUT2D eigenvalue weighted by Crippen LogP contribution is 2.18. The van der Waals surface area contributed by atoms with E-state index in [9.17, 15) is 4.79 Å². The van der Waals surface area contributed by atoms with Crippen molar-refractivity contribution in [2.45, 2.75) is 18.9 Å². The van der Waals surface area contributed by atoms with Gasteiger partial charge in [-0.1, -0.05) is 0 Å². The van der Waals surface area contributed by atoms with Crippen LogP contribution >= 0.6 is 0 Å². The predicted octanol–water partition coefficient (Wildman–Crippen LogP) is 0.100. The Morgan fingerprint density at radius 2 is 2.33 bits per heavy atom. The van der Waals surface area contributed by atoms with E-state index in [-0.39, 0.29) is 17.9 Å². The molecule has 2 rings (SSSR count). The molecular weight excluding hydrogens is 234 g/mol. The standard InChI is InChI=1S/C11H17N5O2/c1-16-6-7(3-4-10(16)17)13-8-5-9(18-2)15-11(12)14-8/h5,7H,3-4,6H2,1-2H3,(H3,12,13,14,15). The molecule has 1 atom stereocenters. The van der Waals surface area contributed by atoms with Crippen LogP contribution in [0.4, 0.5) is 11.8 Å². The average molecular weight is 251 g/mol. The van der Waals surface area contributed by atoms with Crippen LogP contribution in [-0.2, 0) is 4.79 Å². The van der Waals surface area contributed by atoms with E-state index in [0.29, 0.717) is 24.7 Å². The first-order chi connectivity index (χ1) is 8.58. The monoisotopic (exact) mass is 251 g/mol. The summed E-state index contributed by atoms with van der Waals surface area (Å²) in [5.41, 5.74) is 5.58. The highest BCUT2D eigenvalue weighted by molar-refractivity contribution is 5.77. The van der Waals surface area contributed by atoms with Gasteiger partial charge in [-0.15, -0.1) is 0 Å². The molecule has 3 N–H and O–H groups in total. The van der Waals surface area contributed by atoms with Crippen molar-refractivity contribution < 1.29 is 9.53 Å². The summed E-state index contributed by atoms with van der Waals surface area (Å²) >= 11 is 0. The highest BCUT2D eigenvalue weighted by atomic mass is 16.5. The van der Waals surface area contributed by atoms with Crippen LogP contribution in [0.5, 0.6) is 5.88 Å². The van der Waals surface area contributed by atoms with E-state index >= 15 is 0 Å². The van der Waals surface area contributed by atoms with Crippen LogP contribution in [0.1, 0.15) is 12.8 Å². The number of nitrogens with two attached hydrogens (primary N) is 1. The number of carbonyl (C=O) groups excluding carboxylic acids is 1. The molecule has 0 aromatic carbocycles. The average Bonchev–Trinajstić information content (AvgIpc) is 2.33. The van der Waals surface area contributed by atoms with Gasteiger partial charge in [0, 0.05) is 32.1 Å². The summed E-state index contributed by atoms with van der Waals surface area (Å²) in [6, 6.07) is 1.86. The van der Waals surface area contributed by atoms with Crippen LogP contribution in [0.25, 0.3) is 0 Å². The van der Waals surface area contributed by atoms with Crippen molar-refractivity contribution in [1.82, 2.24) is 14.9 Å². The fourth-order valence-corrected chi connectivity index (χ4v) is 1.96. The van der Waals surface area contributed by atoms with E-state index in [2.05, 4.69) is 15.3 Å². The minimum absolute atomic E-state index is 0.164. The van der Waals surface area contributed by atoms with Crippen LogP contribution in [0, 0.1) is 0 Å². The van der Waals surface area contributed by atoms with Gasteiger partial charge in [-0.3, -0.25) is 4.79 Å². The van der Waals surface area contributed by atoms with Crippen LogP contribution in [0.15, 0.2) is 6.07 Å². The third-order valence-electron chi connectivity index (χ3n) is 2.91. The first kappa shape index (κ1) is 12.4. The molecule has 0 saturated carbocycles. The molecule has 18 heavy (non-hydrogen) atoms. The minimum Gasteiger partial charge on any atom is -0.481 e. The zero-order valence-electron chi connectivity index (χ0n) is 10.5. The van der Waals surface area contributed by atoms with Crippen LogP contribution in [-0.4, -0.2) is 47.5 Å². The molecule has 1 aliphatic rings. The number of hydrogen-bond donors (Lipinski definition) is 2. The second-order valence-electron chi connectivity index (χ2n) is 4.31. The number of nitrogens with zero attached hydrogens (tertiary/aromatic N) is 3. The zero-order chi connectivity index (χ0) is 13.1. The van der Waals surface area contributed by atoms with Gasteiger partial charge in [0.05, 0.1) is 7.11 Å². The fourth-order valence-electron chi connectivity index (χ4n) is 1.96. The molecule has 0 radical (unpaired) electrons. The predicted molar refractivity (Wildman–Crippen MR) is 67.3 cm³/mol. The highest BCUT2D eigenvalue weighted by Gasteiger charge is 2.23. The molecule has 7 nitrogen and oxygen atoms in total. The van der Waals surface area contributed by atoms with Gasteiger partial charge < -0.3 is 20.7 Å². The van der Waals surface area contributed by atoms with E-state index < -0.39 is 0 Å². The molecule has 1 saturated heterocycles. The molecule has 0 bridgehead atoms. The van der Waals surface area contributed by atoms with Gasteiger partial charge in [-0.2, -0.15) is 9.97 Å². The number of anilines is 2. The smallest absolute Gasteiger partial charge is 0.225 e. The number of ether oxygens (including phenoxy) is 1. The van der Waals surface area contributed by atoms with Gasteiger partial charge in [0.2, 0.25) is 17.7 Å². The number of methoxy groups -OCH3 is 1. The molecular formula is C11H17N5O2. The molecule has 0 aliphatic carbocycles. The van der Waals surface area contributed by atoms with Crippen molar-refractivity contribution in [2.24, 2.45) is 0 Å². The molecule has 1 aromatic heterocycles. The number of carbonyl (C=O) groups is 1. The summed E-state index contributed by atoms with van der Waals surface area (Å²) in [5, 5.41) is 3.24. The van der Waals surface area contributed by atoms with Crippen molar-refractivity contribution in [1.29, 1.82) is 0 Å². The van der Waals surface area contributed by atoms with E-state index in [1.165, 1.54) is 7.11 Å². The first-order valence-corrected chi connectivity index (χ1v) is 5.77. The number of nitrogen functional groups attached to an aromatic ring is 1. The van der Waals surface area contributed by atoms with Gasteiger partial charge in [0.25, 0.3) is 0 Å². The van der Waals surface area contributed by atoms with Gasteiger partial charge in [-0.25, -0.2) is 0 Å². The van der Waals surface area contributed by atoms with Crippen LogP contribution < -0.4 is 15.8 Å². The van der Waals surface area contributed by atoms with E-state index in [1.807, 2.05) is 0 Å². The maximum absolute atomic E-state index is 11.4. The van der Waals surface area contributed by atoms with Gasteiger partial charge in [-0.05, 0) is 6.42 Å². The molecule has 7 heteroatoms. The fraction of sp³-hybridized carbons (Fsp3) is 0.545. The number of rotatable bonds is 3. The largest absolute Gasteiger partial charge is 0.481 e. The molecule has 1 aromatic rings. The molecule has 1 fully saturated rings. The van der Waals surface area contributed by atoms with Gasteiger partial charge in [0.15, 0.2) is 0 Å². The Bertz CT molecular complexity index is 451. The topological polar surface area (TPSA) is 93.4 Å². The summed E-state index contributed by atoms with van der Waals surface area (Å²) in [6.45, 7) is 0.658. The summed E-state index contributed by atoms with van der Waals surface area (Å²) < 4.78 is 5.03. The summed E-state index contributed by atoms with van der Waals surface area (Å²) in [4.78, 5) is 21.1. The van der Waals surface area contributed by atoms with Gasteiger partial charge >= 0.3 is 0 Å². The second-order valence-corrected chi connectivity index (χ2v) is 4.31. The third kappa shape index (κ3) is 2.79. The normalized spacial score (nSPS) is 19.8. The van der Waals surface area contributed by atoms with Crippen molar-refractivity contribution in [3.8, 4) is 5.88 Å². The lowest BCUT2D eigenvalue weighted by Gasteiger charge is -2.30. The van der Waals surface area contributed by atoms with E-state index in [1.54, 1.807) is 18.0 Å². The SMILES string of the molecule is COc1cc(NC2CCC(=O)N(C)C2)nc(N)n1. The zero-order valence-corrected chi connectivity index (χ0v) is 10.5. The van der Waals surface area contributed by atoms with Crippen molar-refractivity contribution in [3.05, 3.63) is 6.07 Å². The number of nitrogens with one attached hydrogen (secondary N) is 1. The summed E-state index contributed by atoms with van der Waals surface area (Å²) in [5.74, 6) is 1.38. The summed E-state index contributed by atoms with van der Waals surface area (Å²) in [6.07, 6.45) is 1.33. The second kappa shape index (κ2) is 5.07. The Morgan fingerprint density at radius 1 is 1.56 bits per heavy atom. The minimum atomic E-state index is 0.164. The first-order valence-electron chi connectivity index (χ1n) is 5.77. The molecule has 98 valence electrons. The Hall–Kier alpha value is -2.05. The number of amides is 1. The Kier molecular flexibility index (Phi) is 3.50. The number of aromatic nitrogens is 2. The lowest BCUT2D eigenvalue weighted by Crippen LogP contribution is -2.43. The van der Waals surface area contributed by atoms with Crippen molar-refractivity contribution >= 4 is 17.7 Å². The molecule has 2 heterocycles. The lowest BCUT2D eigenvalue weighted by molar-refractivity contribution is -0.132. The Labute approximate surface area is 105 Å². The third-order valence-corrected chi connectivity index (χ3v) is 2.91. The number of likely N-dealkylation sites (N-methyl/N-ethyl adjacent to an activating group) is 1. The van der Waals surface area contributed by atoms with Gasteiger partial charge in [0.1, 0.15) is 5.82 Å². The van der Waals surface area contributed by atoms with Crippen molar-refractivity contribution in [2.75, 3.05) is 31.8 Å². The maximum Gasteiger partial charge on any atom is 0.225 e. The quantitative estimate of drug-likeness (QED) is 0.791. The van der Waals surface area contributed by atoms with E-state index in [0.717, 1.165) is 6.42 Å². The van der Waals surface area contributed by atoms with E-state index in [4.69, 9.17) is 10.5 Å². The Balaban J connectivity index is 2.05. The lowest BCUT2D eigenvalue weighted by atomic mass is 10.1. The molecule has 1 unspecified atom stereocenters. The number of likely N-dealkylation sites (tertiary alicyclic amines) is 1. The summed E-state index contributed by atoms with van der Waals surface area (Å²) in [7, 11) is 3.32. The molecule has 0 spiro atoms.